The summed E-state index contributed by atoms with van der Waals surface area (Å²) in [7, 11) is 0. The minimum absolute atomic E-state index is 0. The van der Waals surface area contributed by atoms with E-state index in [2.05, 4.69) is 0 Å². The Balaban J connectivity index is 0.000000739. The number of thioether (sulfide) groups is 1. The van der Waals surface area contributed by atoms with Crippen molar-refractivity contribution >= 4 is 38.3 Å². The van der Waals surface area contributed by atoms with Crippen LogP contribution in [0, 0.1) is 0 Å². The van der Waals surface area contributed by atoms with Gasteiger partial charge < -0.3 is 29.5 Å². The van der Waals surface area contributed by atoms with Gasteiger partial charge in [0, 0.05) is 34.6 Å². The Morgan fingerprint density at radius 2 is 1.16 bits per heavy atom. The summed E-state index contributed by atoms with van der Waals surface area (Å²) in [6, 6.07) is 10.9. The molecule has 0 spiro atoms. The second-order valence-corrected chi connectivity index (χ2v) is 13.1. The number of benzene rings is 2. The van der Waals surface area contributed by atoms with Crippen molar-refractivity contribution in [3.8, 4) is 0 Å². The van der Waals surface area contributed by atoms with Crippen LogP contribution in [0.15, 0.2) is 36.4 Å². The van der Waals surface area contributed by atoms with Crippen LogP contribution in [0.2, 0.25) is 0 Å². The molecule has 2 aromatic rings. The number of hydrogen-bond acceptors (Lipinski definition) is 7. The smallest absolute Gasteiger partial charge is 0.410 e. The zero-order valence-electron chi connectivity index (χ0n) is 28.7. The van der Waals surface area contributed by atoms with Crippen molar-refractivity contribution < 1.29 is 34.1 Å². The summed E-state index contributed by atoms with van der Waals surface area (Å²) in [5, 5.41) is 18.1. The molecular formula is C34H52BN2O7S. The Bertz CT molecular complexity index is 1240. The van der Waals surface area contributed by atoms with E-state index < -0.39 is 17.2 Å². The van der Waals surface area contributed by atoms with Gasteiger partial charge in [-0.1, -0.05) is 38.1 Å². The highest BCUT2D eigenvalue weighted by molar-refractivity contribution is 7.97. The van der Waals surface area contributed by atoms with Crippen LogP contribution in [-0.4, -0.2) is 83.4 Å². The zero-order chi connectivity index (χ0) is 33.7. The normalized spacial score (nSPS) is 13.4. The molecule has 2 heterocycles. The molecule has 0 saturated heterocycles. The van der Waals surface area contributed by atoms with Gasteiger partial charge in [0.25, 0.3) is 0 Å². The molecule has 2 amide bonds. The second kappa shape index (κ2) is 19.4. The first kappa shape index (κ1) is 41.8. The number of carbonyl (C=O) groups excluding carboxylic acids is 2. The van der Waals surface area contributed by atoms with Crippen molar-refractivity contribution in [2.24, 2.45) is 0 Å². The Morgan fingerprint density at radius 1 is 0.756 bits per heavy atom. The summed E-state index contributed by atoms with van der Waals surface area (Å²) in [6.45, 7) is 17.4. The van der Waals surface area contributed by atoms with Crippen LogP contribution in [-0.2, 0) is 42.0 Å². The first-order valence-electron chi connectivity index (χ1n) is 15.0. The zero-order valence-corrected chi connectivity index (χ0v) is 29.5. The van der Waals surface area contributed by atoms with Crippen LogP contribution in [0.1, 0.15) is 93.6 Å². The van der Waals surface area contributed by atoms with Crippen LogP contribution in [0.25, 0.3) is 0 Å². The number of nitrogens with zero attached hydrogens (tertiary/aromatic N) is 2. The third kappa shape index (κ3) is 14.6. The summed E-state index contributed by atoms with van der Waals surface area (Å²) in [4.78, 5) is 38.3. The predicted octanol–water partition coefficient (Wildman–Crippen LogP) is 6.77. The van der Waals surface area contributed by atoms with Gasteiger partial charge in [-0.15, -0.1) is 0 Å². The number of fused-ring (bicyclic) bond motifs is 2. The lowest BCUT2D eigenvalue weighted by Crippen LogP contribution is -2.39. The molecular weight excluding hydrogens is 591 g/mol. The van der Waals surface area contributed by atoms with Gasteiger partial charge in [0.1, 0.15) is 11.2 Å². The minimum atomic E-state index is -0.928. The van der Waals surface area contributed by atoms with Crippen LogP contribution >= 0.6 is 11.8 Å². The lowest BCUT2D eigenvalue weighted by Gasteiger charge is -2.31. The molecule has 3 radical (unpaired) electrons. The molecule has 249 valence electrons. The van der Waals surface area contributed by atoms with E-state index in [-0.39, 0.29) is 32.8 Å². The molecule has 0 saturated carbocycles. The van der Waals surface area contributed by atoms with Gasteiger partial charge in [0.05, 0.1) is 12.2 Å². The molecule has 2 aromatic carbocycles. The van der Waals surface area contributed by atoms with E-state index in [9.17, 15) is 14.4 Å². The van der Waals surface area contributed by atoms with Crippen molar-refractivity contribution in [1.82, 2.24) is 9.80 Å². The number of amides is 2. The molecule has 0 bridgehead atoms. The molecule has 2 aliphatic heterocycles. The van der Waals surface area contributed by atoms with Gasteiger partial charge in [-0.25, -0.2) is 14.4 Å². The number of ether oxygens (including phenoxy) is 2. The van der Waals surface area contributed by atoms with Gasteiger partial charge in [-0.3, -0.25) is 0 Å². The second-order valence-electron chi connectivity index (χ2n) is 12.3. The van der Waals surface area contributed by atoms with E-state index >= 15 is 0 Å². The Kier molecular flexibility index (Phi) is 18.0. The SMILES string of the molecule is CC.CC(C)(C)OC(=O)N1CCc2cc(C(=O)O)ccc2C1.CC(C)(C)OC(=O)N1CCc2cc(CO)ccc2C1.CSC.[B]. The minimum Gasteiger partial charge on any atom is -0.478 e. The van der Waals surface area contributed by atoms with E-state index in [1.165, 1.54) is 5.56 Å². The van der Waals surface area contributed by atoms with E-state index in [1.807, 2.05) is 86.1 Å². The number of aliphatic hydroxyl groups is 1. The number of rotatable bonds is 2. The first-order valence-corrected chi connectivity index (χ1v) is 16.6. The fourth-order valence-corrected chi connectivity index (χ4v) is 4.36. The lowest BCUT2D eigenvalue weighted by molar-refractivity contribution is 0.0214. The van der Waals surface area contributed by atoms with Crippen molar-refractivity contribution in [3.05, 3.63) is 69.8 Å². The topological polar surface area (TPSA) is 117 Å². The Labute approximate surface area is 276 Å². The monoisotopic (exact) mass is 643 g/mol. The van der Waals surface area contributed by atoms with E-state index in [4.69, 9.17) is 19.7 Å². The molecule has 0 aromatic heterocycles. The fraction of sp³-hybridized carbons (Fsp3) is 0.559. The van der Waals surface area contributed by atoms with Crippen LogP contribution in [0.3, 0.4) is 0 Å². The van der Waals surface area contributed by atoms with E-state index in [1.54, 1.807) is 39.8 Å². The molecule has 11 heteroatoms. The molecule has 2 N–H and O–H groups in total. The summed E-state index contributed by atoms with van der Waals surface area (Å²) < 4.78 is 10.7. The number of carbonyl (C=O) groups is 3. The summed E-state index contributed by atoms with van der Waals surface area (Å²) in [5.41, 5.74) is 4.55. The van der Waals surface area contributed by atoms with Gasteiger partial charge in [0.15, 0.2) is 0 Å². The van der Waals surface area contributed by atoms with Crippen LogP contribution in [0.5, 0.6) is 0 Å². The molecule has 45 heavy (non-hydrogen) atoms. The standard InChI is InChI=1S/C15H19NO4.C15H21NO3.C2H6S.C2H6.B/c1-15(2,3)20-14(19)16-7-6-10-8-11(13(17)18)4-5-12(10)9-16;1-15(2,3)19-14(18)16-7-6-12-8-11(10-17)4-5-13(12)9-16;1-3-2;1-2;/h4-5,8H,6-7,9H2,1-3H3,(H,17,18);4-5,8,17H,6-7,9-10H2,1-3H3;1-2H3;1-2H3;. The van der Waals surface area contributed by atoms with E-state index in [0.717, 1.165) is 28.7 Å². The molecule has 0 aliphatic carbocycles. The Morgan fingerprint density at radius 3 is 1.53 bits per heavy atom. The van der Waals surface area contributed by atoms with E-state index in [0.29, 0.717) is 32.6 Å². The summed E-state index contributed by atoms with van der Waals surface area (Å²) >= 11 is 1.75. The van der Waals surface area contributed by atoms with Crippen molar-refractivity contribution in [3.63, 3.8) is 0 Å². The maximum absolute atomic E-state index is 12.0. The van der Waals surface area contributed by atoms with Gasteiger partial charge in [-0.05, 0) is 107 Å². The van der Waals surface area contributed by atoms with Crippen molar-refractivity contribution in [1.29, 1.82) is 0 Å². The number of carboxylic acids is 1. The number of carboxylic acid groups (broad SMARTS) is 1. The number of aromatic carboxylic acids is 1. The quantitative estimate of drug-likeness (QED) is 0.345. The van der Waals surface area contributed by atoms with Crippen LogP contribution in [0.4, 0.5) is 9.59 Å². The molecule has 0 fully saturated rings. The van der Waals surface area contributed by atoms with Crippen LogP contribution < -0.4 is 0 Å². The molecule has 0 unspecified atom stereocenters. The average Bonchev–Trinajstić information content (AvgIpc) is 2.96. The average molecular weight is 644 g/mol. The largest absolute Gasteiger partial charge is 0.478 e. The maximum Gasteiger partial charge on any atom is 0.410 e. The highest BCUT2D eigenvalue weighted by atomic mass is 32.2. The fourth-order valence-electron chi connectivity index (χ4n) is 4.36. The summed E-state index contributed by atoms with van der Waals surface area (Å²) in [5.74, 6) is -0.928. The number of hydrogen-bond donors (Lipinski definition) is 2. The Hall–Kier alpha value is -3.18. The molecule has 2 aliphatic rings. The van der Waals surface area contributed by atoms with Gasteiger partial charge in [0.2, 0.25) is 0 Å². The van der Waals surface area contributed by atoms with Gasteiger partial charge in [-0.2, -0.15) is 11.8 Å². The molecule has 0 atom stereocenters. The lowest BCUT2D eigenvalue weighted by atomic mass is 9.97. The molecule has 9 nitrogen and oxygen atoms in total. The summed E-state index contributed by atoms with van der Waals surface area (Å²) in [6.07, 6.45) is 4.95. The highest BCUT2D eigenvalue weighted by Crippen LogP contribution is 2.23. The molecule has 4 rings (SSSR count). The number of aliphatic hydroxyl groups excluding tert-OH is 1. The van der Waals surface area contributed by atoms with Crippen molar-refractivity contribution in [2.75, 3.05) is 25.6 Å². The third-order valence-corrected chi connectivity index (χ3v) is 6.23. The maximum atomic E-state index is 12.0. The first-order chi connectivity index (χ1) is 20.6. The highest BCUT2D eigenvalue weighted by Gasteiger charge is 2.27. The third-order valence-electron chi connectivity index (χ3n) is 6.23. The van der Waals surface area contributed by atoms with Crippen molar-refractivity contribution in [2.45, 2.75) is 99.1 Å². The van der Waals surface area contributed by atoms with Gasteiger partial charge >= 0.3 is 18.2 Å². The predicted molar refractivity (Wildman–Crippen MR) is 183 cm³/mol.